The second-order valence-electron chi connectivity index (χ2n) is 5.79. The summed E-state index contributed by atoms with van der Waals surface area (Å²) in [4.78, 5) is 25.4. The Morgan fingerprint density at radius 3 is 2.33 bits per heavy atom. The van der Waals surface area contributed by atoms with Crippen LogP contribution in [0.4, 0.5) is 11.4 Å². The van der Waals surface area contributed by atoms with Gasteiger partial charge >= 0.3 is 5.97 Å². The molecule has 2 rings (SSSR count). The molecule has 0 aromatic heterocycles. The van der Waals surface area contributed by atoms with E-state index in [4.69, 9.17) is 9.47 Å². The third-order valence-corrected chi connectivity index (χ3v) is 3.91. The van der Waals surface area contributed by atoms with Crippen LogP contribution in [0.2, 0.25) is 0 Å². The molecule has 24 heavy (non-hydrogen) atoms. The van der Waals surface area contributed by atoms with E-state index in [1.165, 1.54) is 31.4 Å². The minimum Gasteiger partial charge on any atom is -0.454 e. The van der Waals surface area contributed by atoms with Crippen LogP contribution in [0.1, 0.15) is 32.6 Å². The number of anilines is 2. The summed E-state index contributed by atoms with van der Waals surface area (Å²) < 4.78 is 9.74. The van der Waals surface area contributed by atoms with E-state index in [2.05, 4.69) is 10.2 Å². The van der Waals surface area contributed by atoms with Crippen molar-refractivity contribution in [3.63, 3.8) is 0 Å². The predicted molar refractivity (Wildman–Crippen MR) is 93.2 cm³/mol. The third-order valence-electron chi connectivity index (χ3n) is 3.91. The van der Waals surface area contributed by atoms with Crippen LogP contribution in [-0.2, 0) is 19.1 Å². The Morgan fingerprint density at radius 1 is 1.04 bits per heavy atom. The number of nitrogens with zero attached hydrogens (tertiary/aromatic N) is 1. The molecule has 6 nitrogen and oxygen atoms in total. The molecule has 1 saturated heterocycles. The molecular weight excluding hydrogens is 308 g/mol. The molecule has 1 aromatic carbocycles. The summed E-state index contributed by atoms with van der Waals surface area (Å²) in [5.74, 6) is -0.897. The standard InChI is InChI=1S/C18H26N2O4/c1-2-23-14-18(22)24-13-17(21)19-15-7-9-16(10-8-15)20-11-5-3-4-6-12-20/h7-10H,2-6,11-14H2,1H3,(H,19,21). The quantitative estimate of drug-likeness (QED) is 0.776. The highest BCUT2D eigenvalue weighted by Gasteiger charge is 2.11. The normalized spacial score (nSPS) is 14.8. The maximum absolute atomic E-state index is 11.8. The second-order valence-corrected chi connectivity index (χ2v) is 5.79. The molecule has 0 atom stereocenters. The minimum absolute atomic E-state index is 0.131. The van der Waals surface area contributed by atoms with Crippen molar-refractivity contribution in [3.8, 4) is 0 Å². The number of rotatable bonds is 7. The lowest BCUT2D eigenvalue weighted by Crippen LogP contribution is -2.24. The summed E-state index contributed by atoms with van der Waals surface area (Å²) in [6.07, 6.45) is 5.05. The average Bonchev–Trinajstić information content (AvgIpc) is 2.88. The fraction of sp³-hybridized carbons (Fsp3) is 0.556. The van der Waals surface area contributed by atoms with E-state index in [1.54, 1.807) is 6.92 Å². The minimum atomic E-state index is -0.538. The number of benzene rings is 1. The number of esters is 1. The highest BCUT2D eigenvalue weighted by Crippen LogP contribution is 2.21. The van der Waals surface area contributed by atoms with Gasteiger partial charge in [-0.05, 0) is 44.0 Å². The Morgan fingerprint density at radius 2 is 1.71 bits per heavy atom. The van der Waals surface area contributed by atoms with E-state index in [0.717, 1.165) is 13.1 Å². The molecule has 0 saturated carbocycles. The van der Waals surface area contributed by atoms with E-state index < -0.39 is 5.97 Å². The van der Waals surface area contributed by atoms with Gasteiger partial charge < -0.3 is 19.7 Å². The molecule has 0 aliphatic carbocycles. The highest BCUT2D eigenvalue weighted by atomic mass is 16.6. The molecule has 1 heterocycles. The summed E-state index contributed by atoms with van der Waals surface area (Å²) in [6, 6.07) is 7.78. The Balaban J connectivity index is 1.78. The molecule has 1 N–H and O–H groups in total. The molecule has 0 radical (unpaired) electrons. The number of hydrogen-bond acceptors (Lipinski definition) is 5. The Hall–Kier alpha value is -2.08. The second kappa shape index (κ2) is 9.93. The Kier molecular flexibility index (Phi) is 7.55. The lowest BCUT2D eigenvalue weighted by molar-refractivity contribution is -0.151. The molecule has 1 fully saturated rings. The van der Waals surface area contributed by atoms with Crippen molar-refractivity contribution < 1.29 is 19.1 Å². The largest absolute Gasteiger partial charge is 0.454 e. The first-order valence-corrected chi connectivity index (χ1v) is 8.57. The van der Waals surface area contributed by atoms with E-state index in [1.807, 2.05) is 24.3 Å². The van der Waals surface area contributed by atoms with Gasteiger partial charge in [0.15, 0.2) is 6.61 Å². The van der Waals surface area contributed by atoms with Crippen LogP contribution in [0.25, 0.3) is 0 Å². The zero-order valence-corrected chi connectivity index (χ0v) is 14.3. The first kappa shape index (κ1) is 18.3. The summed E-state index contributed by atoms with van der Waals surface area (Å²) in [5.41, 5.74) is 1.87. The smallest absolute Gasteiger partial charge is 0.332 e. The van der Waals surface area contributed by atoms with Gasteiger partial charge in [0.05, 0.1) is 0 Å². The summed E-state index contributed by atoms with van der Waals surface area (Å²) in [6.45, 7) is 3.96. The Labute approximate surface area is 143 Å². The van der Waals surface area contributed by atoms with Crippen LogP contribution < -0.4 is 10.2 Å². The van der Waals surface area contributed by atoms with E-state index >= 15 is 0 Å². The molecule has 1 aromatic rings. The van der Waals surface area contributed by atoms with Crippen molar-refractivity contribution in [1.82, 2.24) is 0 Å². The maximum atomic E-state index is 11.8. The molecule has 1 aliphatic heterocycles. The number of carbonyl (C=O) groups is 2. The third kappa shape index (κ3) is 6.20. The van der Waals surface area contributed by atoms with Crippen LogP contribution in [-0.4, -0.2) is 44.8 Å². The lowest BCUT2D eigenvalue weighted by atomic mass is 10.2. The molecular formula is C18H26N2O4. The number of hydrogen-bond donors (Lipinski definition) is 1. The van der Waals surface area contributed by atoms with Crippen molar-refractivity contribution >= 4 is 23.3 Å². The van der Waals surface area contributed by atoms with Crippen LogP contribution in [0.15, 0.2) is 24.3 Å². The zero-order chi connectivity index (χ0) is 17.2. The van der Waals surface area contributed by atoms with Gasteiger partial charge in [-0.2, -0.15) is 0 Å². The Bertz CT molecular complexity index is 522. The fourth-order valence-electron chi connectivity index (χ4n) is 2.65. The van der Waals surface area contributed by atoms with Gasteiger partial charge in [0, 0.05) is 31.1 Å². The molecule has 0 spiro atoms. The van der Waals surface area contributed by atoms with Gasteiger partial charge in [0.2, 0.25) is 0 Å². The first-order chi connectivity index (χ1) is 11.7. The predicted octanol–water partition coefficient (Wildman–Crippen LogP) is 2.59. The number of nitrogens with one attached hydrogen (secondary N) is 1. The molecule has 0 unspecified atom stereocenters. The van der Waals surface area contributed by atoms with Crippen LogP contribution in [0.5, 0.6) is 0 Å². The SMILES string of the molecule is CCOCC(=O)OCC(=O)Nc1ccc(N2CCCCCC2)cc1. The van der Waals surface area contributed by atoms with Crippen molar-refractivity contribution in [3.05, 3.63) is 24.3 Å². The maximum Gasteiger partial charge on any atom is 0.332 e. The van der Waals surface area contributed by atoms with Gasteiger partial charge in [-0.15, -0.1) is 0 Å². The van der Waals surface area contributed by atoms with Crippen molar-refractivity contribution in [1.29, 1.82) is 0 Å². The summed E-state index contributed by atoms with van der Waals surface area (Å²) >= 11 is 0. The van der Waals surface area contributed by atoms with Gasteiger partial charge in [-0.3, -0.25) is 4.79 Å². The van der Waals surface area contributed by atoms with E-state index in [0.29, 0.717) is 12.3 Å². The average molecular weight is 334 g/mol. The van der Waals surface area contributed by atoms with Crippen molar-refractivity contribution in [2.24, 2.45) is 0 Å². The van der Waals surface area contributed by atoms with Gasteiger partial charge in [0.1, 0.15) is 6.61 Å². The molecule has 132 valence electrons. The van der Waals surface area contributed by atoms with Gasteiger partial charge in [0.25, 0.3) is 5.91 Å². The lowest BCUT2D eigenvalue weighted by Gasteiger charge is -2.22. The van der Waals surface area contributed by atoms with Crippen LogP contribution in [0.3, 0.4) is 0 Å². The van der Waals surface area contributed by atoms with Gasteiger partial charge in [-0.25, -0.2) is 4.79 Å². The number of carbonyl (C=O) groups excluding carboxylic acids is 2. The van der Waals surface area contributed by atoms with Crippen LogP contribution >= 0.6 is 0 Å². The summed E-state index contributed by atoms with van der Waals surface area (Å²) in [7, 11) is 0. The van der Waals surface area contributed by atoms with Gasteiger partial charge in [-0.1, -0.05) is 12.8 Å². The highest BCUT2D eigenvalue weighted by molar-refractivity contribution is 5.93. The van der Waals surface area contributed by atoms with Crippen molar-refractivity contribution in [2.75, 3.05) is 43.1 Å². The van der Waals surface area contributed by atoms with E-state index in [9.17, 15) is 9.59 Å². The zero-order valence-electron chi connectivity index (χ0n) is 14.3. The fourth-order valence-corrected chi connectivity index (χ4v) is 2.65. The van der Waals surface area contributed by atoms with Crippen LogP contribution in [0, 0.1) is 0 Å². The molecule has 1 amide bonds. The molecule has 1 aliphatic rings. The number of ether oxygens (including phenoxy) is 2. The summed E-state index contributed by atoms with van der Waals surface area (Å²) in [5, 5.41) is 2.72. The topological polar surface area (TPSA) is 67.9 Å². The molecule has 6 heteroatoms. The van der Waals surface area contributed by atoms with E-state index in [-0.39, 0.29) is 19.1 Å². The van der Waals surface area contributed by atoms with Crippen molar-refractivity contribution in [2.45, 2.75) is 32.6 Å². The first-order valence-electron chi connectivity index (χ1n) is 8.57. The number of amides is 1. The molecule has 0 bridgehead atoms. The monoisotopic (exact) mass is 334 g/mol.